The van der Waals surface area contributed by atoms with E-state index in [1.807, 2.05) is 6.92 Å². The Morgan fingerprint density at radius 1 is 1.00 bits per heavy atom. The molecule has 0 saturated carbocycles. The molecule has 3 rings (SSSR count). The van der Waals surface area contributed by atoms with Gasteiger partial charge >= 0.3 is 0 Å². The van der Waals surface area contributed by atoms with Crippen LogP contribution in [0.5, 0.6) is 5.75 Å². The summed E-state index contributed by atoms with van der Waals surface area (Å²) in [5.74, 6) is 0.0206. The number of carbonyl (C=O) groups is 1. The topological polar surface area (TPSA) is 122 Å². The molecule has 0 spiro atoms. The van der Waals surface area contributed by atoms with Crippen LogP contribution in [-0.4, -0.2) is 53.8 Å². The maximum atomic E-state index is 13.1. The van der Waals surface area contributed by atoms with Crippen molar-refractivity contribution in [2.45, 2.75) is 43.4 Å². The fourth-order valence-corrected chi connectivity index (χ4v) is 6.17. The fourth-order valence-electron chi connectivity index (χ4n) is 3.86. The number of benzene rings is 2. The third-order valence-electron chi connectivity index (χ3n) is 5.95. The van der Waals surface area contributed by atoms with Crippen LogP contribution in [-0.2, 0) is 24.8 Å². The first-order valence-corrected chi connectivity index (χ1v) is 14.0. The number of hydrogen-bond acceptors (Lipinski definition) is 6. The number of nitrogens with zero attached hydrogens (tertiary/aromatic N) is 1. The molecule has 186 valence electrons. The van der Waals surface area contributed by atoms with E-state index in [-0.39, 0.29) is 34.7 Å². The second-order valence-electron chi connectivity index (χ2n) is 8.21. The number of ether oxygens (including phenoxy) is 1. The number of piperidine rings is 1. The number of amides is 1. The molecule has 2 aromatic carbocycles. The van der Waals surface area contributed by atoms with E-state index in [0.717, 1.165) is 11.1 Å². The molecular formula is C23H31N3O6S2. The Hall–Kier alpha value is -2.47. The van der Waals surface area contributed by atoms with Gasteiger partial charge in [-0.2, -0.15) is 4.31 Å². The van der Waals surface area contributed by atoms with Crippen molar-refractivity contribution < 1.29 is 26.4 Å². The maximum absolute atomic E-state index is 13.1. The van der Waals surface area contributed by atoms with Gasteiger partial charge < -0.3 is 10.1 Å². The van der Waals surface area contributed by atoms with Crippen molar-refractivity contribution in [2.24, 2.45) is 5.92 Å². The molecule has 1 saturated heterocycles. The summed E-state index contributed by atoms with van der Waals surface area (Å²) in [6, 6.07) is 9.34. The number of carbonyl (C=O) groups excluding carboxylic acids is 1. The summed E-state index contributed by atoms with van der Waals surface area (Å²) in [7, 11) is -6.00. The smallest absolute Gasteiger partial charge is 0.243 e. The second-order valence-corrected chi connectivity index (χ2v) is 12.0. The molecule has 0 aliphatic carbocycles. The Morgan fingerprint density at radius 3 is 2.24 bits per heavy atom. The number of anilines is 1. The van der Waals surface area contributed by atoms with E-state index in [9.17, 15) is 21.6 Å². The first kappa shape index (κ1) is 26.1. The molecule has 2 N–H and O–H groups in total. The predicted octanol–water partition coefficient (Wildman–Crippen LogP) is 2.65. The van der Waals surface area contributed by atoms with Crippen LogP contribution < -0.4 is 14.8 Å². The molecule has 9 nitrogen and oxygen atoms in total. The first-order valence-electron chi connectivity index (χ1n) is 11.1. The molecule has 2 aromatic rings. The van der Waals surface area contributed by atoms with E-state index in [1.54, 1.807) is 38.1 Å². The van der Waals surface area contributed by atoms with Gasteiger partial charge in [-0.25, -0.2) is 21.6 Å². The summed E-state index contributed by atoms with van der Waals surface area (Å²) in [6.07, 6.45) is 0.739. The quantitative estimate of drug-likeness (QED) is 0.564. The molecule has 11 heteroatoms. The molecule has 0 atom stereocenters. The molecule has 0 bridgehead atoms. The maximum Gasteiger partial charge on any atom is 0.243 e. The van der Waals surface area contributed by atoms with Crippen LogP contribution in [0.3, 0.4) is 0 Å². The van der Waals surface area contributed by atoms with Crippen molar-refractivity contribution in [1.82, 2.24) is 9.03 Å². The van der Waals surface area contributed by atoms with E-state index in [1.165, 1.54) is 23.5 Å². The van der Waals surface area contributed by atoms with E-state index in [4.69, 9.17) is 4.74 Å². The van der Waals surface area contributed by atoms with Gasteiger partial charge in [0.15, 0.2) is 0 Å². The molecule has 0 radical (unpaired) electrons. The van der Waals surface area contributed by atoms with Crippen molar-refractivity contribution in [3.05, 3.63) is 47.5 Å². The minimum absolute atomic E-state index is 0.0578. The molecule has 34 heavy (non-hydrogen) atoms. The average Bonchev–Trinajstić information content (AvgIpc) is 2.81. The SMILES string of the molecule is CCOc1ccc(S(=O)(=O)N2CCC(C(=O)Nc3cc(S(=O)(=O)NC)ccc3C)CC2)cc1C. The third-order valence-corrected chi connectivity index (χ3v) is 9.26. The zero-order chi connectivity index (χ0) is 25.1. The van der Waals surface area contributed by atoms with Crippen LogP contribution >= 0.6 is 0 Å². The van der Waals surface area contributed by atoms with E-state index >= 15 is 0 Å². The molecule has 1 amide bonds. The molecule has 1 aliphatic heterocycles. The molecule has 1 aliphatic rings. The summed E-state index contributed by atoms with van der Waals surface area (Å²) < 4.78 is 59.5. The average molecular weight is 510 g/mol. The number of hydrogen-bond donors (Lipinski definition) is 2. The Morgan fingerprint density at radius 2 is 1.65 bits per heavy atom. The van der Waals surface area contributed by atoms with Crippen LogP contribution in [0.4, 0.5) is 5.69 Å². The summed E-state index contributed by atoms with van der Waals surface area (Å²) in [4.78, 5) is 13.1. The van der Waals surface area contributed by atoms with Gasteiger partial charge in [-0.15, -0.1) is 0 Å². The fraction of sp³-hybridized carbons (Fsp3) is 0.435. The Bertz CT molecular complexity index is 1270. The summed E-state index contributed by atoms with van der Waals surface area (Å²) in [5, 5.41) is 2.81. The van der Waals surface area contributed by atoms with Crippen LogP contribution in [0.1, 0.15) is 30.9 Å². The zero-order valence-corrected chi connectivity index (χ0v) is 21.4. The summed E-state index contributed by atoms with van der Waals surface area (Å²) in [5.41, 5.74) is 1.89. The molecule has 0 unspecified atom stereocenters. The van der Waals surface area contributed by atoms with Crippen molar-refractivity contribution in [2.75, 3.05) is 32.1 Å². The van der Waals surface area contributed by atoms with Gasteiger partial charge in [0.25, 0.3) is 0 Å². The lowest BCUT2D eigenvalue weighted by atomic mass is 9.97. The van der Waals surface area contributed by atoms with Crippen LogP contribution in [0.25, 0.3) is 0 Å². The highest BCUT2D eigenvalue weighted by Crippen LogP contribution is 2.28. The van der Waals surface area contributed by atoms with Gasteiger partial charge in [-0.05, 0) is 82.1 Å². The summed E-state index contributed by atoms with van der Waals surface area (Å²) in [6.45, 7) is 6.39. The first-order chi connectivity index (χ1) is 16.0. The third kappa shape index (κ3) is 5.60. The number of nitrogens with one attached hydrogen (secondary N) is 2. The predicted molar refractivity (Wildman–Crippen MR) is 130 cm³/mol. The lowest BCUT2D eigenvalue weighted by molar-refractivity contribution is -0.120. The van der Waals surface area contributed by atoms with E-state index in [0.29, 0.717) is 30.9 Å². The van der Waals surface area contributed by atoms with Crippen LogP contribution in [0.2, 0.25) is 0 Å². The van der Waals surface area contributed by atoms with Gasteiger partial charge in [0.2, 0.25) is 26.0 Å². The van der Waals surface area contributed by atoms with Crippen LogP contribution in [0, 0.1) is 19.8 Å². The van der Waals surface area contributed by atoms with Gasteiger partial charge in [0.05, 0.1) is 16.4 Å². The highest BCUT2D eigenvalue weighted by Gasteiger charge is 2.32. The normalized spacial score (nSPS) is 15.8. The van der Waals surface area contributed by atoms with Crippen molar-refractivity contribution in [1.29, 1.82) is 0 Å². The van der Waals surface area contributed by atoms with Crippen molar-refractivity contribution in [3.63, 3.8) is 0 Å². The van der Waals surface area contributed by atoms with Gasteiger partial charge in [-0.1, -0.05) is 6.07 Å². The molecule has 0 aromatic heterocycles. The minimum Gasteiger partial charge on any atom is -0.494 e. The Kier molecular flexibility index (Phi) is 8.02. The van der Waals surface area contributed by atoms with Gasteiger partial charge in [-0.3, -0.25) is 4.79 Å². The van der Waals surface area contributed by atoms with Crippen molar-refractivity contribution >= 4 is 31.6 Å². The van der Waals surface area contributed by atoms with Crippen molar-refractivity contribution in [3.8, 4) is 5.75 Å². The lowest BCUT2D eigenvalue weighted by Crippen LogP contribution is -2.41. The highest BCUT2D eigenvalue weighted by atomic mass is 32.2. The minimum atomic E-state index is -3.68. The van der Waals surface area contributed by atoms with Crippen LogP contribution in [0.15, 0.2) is 46.2 Å². The summed E-state index contributed by atoms with van der Waals surface area (Å²) >= 11 is 0. The molecule has 1 heterocycles. The van der Waals surface area contributed by atoms with Gasteiger partial charge in [0, 0.05) is 24.7 Å². The lowest BCUT2D eigenvalue weighted by Gasteiger charge is -2.30. The Balaban J connectivity index is 1.67. The standard InChI is InChI=1S/C23H31N3O6S2/c1-5-32-22-9-8-20(14-17(22)3)34(30,31)26-12-10-18(11-13-26)23(27)25-21-15-19(7-6-16(21)2)33(28,29)24-4/h6-9,14-15,18,24H,5,10-13H2,1-4H3,(H,25,27). The largest absolute Gasteiger partial charge is 0.494 e. The van der Waals surface area contributed by atoms with E-state index < -0.39 is 20.0 Å². The van der Waals surface area contributed by atoms with Gasteiger partial charge in [0.1, 0.15) is 5.75 Å². The zero-order valence-electron chi connectivity index (χ0n) is 19.8. The number of sulfonamides is 2. The Labute approximate surface area is 201 Å². The molecular weight excluding hydrogens is 478 g/mol. The monoisotopic (exact) mass is 509 g/mol. The highest BCUT2D eigenvalue weighted by molar-refractivity contribution is 7.89. The van der Waals surface area contributed by atoms with E-state index in [2.05, 4.69) is 10.0 Å². The number of aryl methyl sites for hydroxylation is 2. The second kappa shape index (κ2) is 10.4. The number of rotatable bonds is 8. The molecule has 1 fully saturated rings.